The van der Waals surface area contributed by atoms with E-state index in [0.29, 0.717) is 5.56 Å². The van der Waals surface area contributed by atoms with E-state index in [1.165, 1.54) is 14.2 Å². The number of benzene rings is 3. The van der Waals surface area contributed by atoms with E-state index in [9.17, 15) is 9.18 Å². The quantitative estimate of drug-likeness (QED) is 0.311. The standard InChI is InChI=1S/C29H27FO4/c1-4-6-20(18-28(31)33-3)19-9-13-23(14-10-19)34-26-16-12-21-17-22(11-15-24(21)26)25-7-5-8-27(32-2)29(25)30/h5,7-11,13-15,17,20,26H,12,16,18H2,1-3H3/t20-,26?/m1/s1. The van der Waals surface area contributed by atoms with Gasteiger partial charge in [-0.1, -0.05) is 48.4 Å². The van der Waals surface area contributed by atoms with Crippen LogP contribution in [0.3, 0.4) is 0 Å². The van der Waals surface area contributed by atoms with E-state index in [1.807, 2.05) is 42.5 Å². The number of carbonyl (C=O) groups is 1. The Hall–Kier alpha value is -3.78. The van der Waals surface area contributed by atoms with Crippen molar-refractivity contribution in [2.45, 2.75) is 38.2 Å². The fourth-order valence-corrected chi connectivity index (χ4v) is 4.38. The molecule has 0 N–H and O–H groups in total. The van der Waals surface area contributed by atoms with Crippen LogP contribution in [0.1, 0.15) is 48.5 Å². The molecular weight excluding hydrogens is 431 g/mol. The Morgan fingerprint density at radius 1 is 1.12 bits per heavy atom. The Kier molecular flexibility index (Phi) is 7.18. The van der Waals surface area contributed by atoms with Crippen molar-refractivity contribution in [3.63, 3.8) is 0 Å². The summed E-state index contributed by atoms with van der Waals surface area (Å²) in [7, 11) is 2.85. The van der Waals surface area contributed by atoms with Crippen LogP contribution in [0.15, 0.2) is 60.7 Å². The van der Waals surface area contributed by atoms with Crippen LogP contribution >= 0.6 is 0 Å². The monoisotopic (exact) mass is 458 g/mol. The number of halogens is 1. The number of ether oxygens (including phenoxy) is 3. The Morgan fingerprint density at radius 3 is 2.62 bits per heavy atom. The third-order valence-electron chi connectivity index (χ3n) is 6.14. The van der Waals surface area contributed by atoms with Gasteiger partial charge in [0.25, 0.3) is 0 Å². The van der Waals surface area contributed by atoms with Gasteiger partial charge in [-0.2, -0.15) is 0 Å². The smallest absolute Gasteiger partial charge is 0.307 e. The van der Waals surface area contributed by atoms with Crippen LogP contribution < -0.4 is 9.47 Å². The van der Waals surface area contributed by atoms with E-state index in [2.05, 4.69) is 11.8 Å². The molecule has 3 aromatic rings. The average Bonchev–Trinajstić information content (AvgIpc) is 3.26. The summed E-state index contributed by atoms with van der Waals surface area (Å²) in [5, 5.41) is 0. The second-order valence-corrected chi connectivity index (χ2v) is 8.18. The topological polar surface area (TPSA) is 44.8 Å². The summed E-state index contributed by atoms with van der Waals surface area (Å²) in [5.41, 5.74) is 4.59. The highest BCUT2D eigenvalue weighted by atomic mass is 19.1. The van der Waals surface area contributed by atoms with Gasteiger partial charge in [-0.25, -0.2) is 4.39 Å². The summed E-state index contributed by atoms with van der Waals surface area (Å²) < 4.78 is 30.9. The van der Waals surface area contributed by atoms with Gasteiger partial charge in [-0.05, 0) is 60.2 Å². The van der Waals surface area contributed by atoms with Gasteiger partial charge in [0.1, 0.15) is 11.9 Å². The van der Waals surface area contributed by atoms with Crippen LogP contribution in [0.25, 0.3) is 11.1 Å². The molecule has 0 amide bonds. The molecule has 0 fully saturated rings. The molecule has 0 spiro atoms. The van der Waals surface area contributed by atoms with E-state index in [-0.39, 0.29) is 36.0 Å². The SMILES string of the molecule is CC#C[C@H](CC(=O)OC)c1ccc(OC2CCc3cc(-c4cccc(OC)c4F)ccc32)cc1. The molecular formula is C29H27FO4. The molecule has 0 saturated carbocycles. The molecule has 1 unspecified atom stereocenters. The van der Waals surface area contributed by atoms with Crippen molar-refractivity contribution < 1.29 is 23.4 Å². The summed E-state index contributed by atoms with van der Waals surface area (Å²) >= 11 is 0. The minimum Gasteiger partial charge on any atom is -0.494 e. The Balaban J connectivity index is 1.50. The van der Waals surface area contributed by atoms with Gasteiger partial charge in [0.2, 0.25) is 0 Å². The lowest BCUT2D eigenvalue weighted by Crippen LogP contribution is -2.08. The number of hydrogen-bond donors (Lipinski definition) is 0. The Labute approximate surface area is 199 Å². The number of fused-ring (bicyclic) bond motifs is 1. The molecule has 0 bridgehead atoms. The summed E-state index contributed by atoms with van der Waals surface area (Å²) in [6, 6.07) is 18.9. The fraction of sp³-hybridized carbons (Fsp3) is 0.276. The van der Waals surface area contributed by atoms with Crippen molar-refractivity contribution >= 4 is 5.97 Å². The lowest BCUT2D eigenvalue weighted by Gasteiger charge is -2.17. The van der Waals surface area contributed by atoms with Crippen molar-refractivity contribution in [3.05, 3.63) is 83.2 Å². The number of aryl methyl sites for hydroxylation is 1. The largest absolute Gasteiger partial charge is 0.494 e. The zero-order chi connectivity index (χ0) is 24.1. The third-order valence-corrected chi connectivity index (χ3v) is 6.14. The molecule has 5 heteroatoms. The van der Waals surface area contributed by atoms with Crippen molar-refractivity contribution in [3.8, 4) is 34.5 Å². The molecule has 4 rings (SSSR count). The summed E-state index contributed by atoms with van der Waals surface area (Å²) in [6.07, 6.45) is 1.87. The number of methoxy groups -OCH3 is 2. The van der Waals surface area contributed by atoms with Crippen LogP contribution in [-0.4, -0.2) is 20.2 Å². The molecule has 2 atom stereocenters. The van der Waals surface area contributed by atoms with E-state index in [0.717, 1.165) is 40.8 Å². The molecule has 3 aromatic carbocycles. The highest BCUT2D eigenvalue weighted by molar-refractivity contribution is 5.71. The second kappa shape index (κ2) is 10.4. The second-order valence-electron chi connectivity index (χ2n) is 8.18. The molecule has 34 heavy (non-hydrogen) atoms. The van der Waals surface area contributed by atoms with E-state index < -0.39 is 0 Å². The van der Waals surface area contributed by atoms with E-state index in [1.54, 1.807) is 25.1 Å². The summed E-state index contributed by atoms with van der Waals surface area (Å²) in [5.74, 6) is 6.10. The normalized spacial score (nSPS) is 15.0. The molecule has 1 aliphatic carbocycles. The fourth-order valence-electron chi connectivity index (χ4n) is 4.38. The van der Waals surface area contributed by atoms with Crippen LogP contribution in [0.4, 0.5) is 4.39 Å². The first-order valence-corrected chi connectivity index (χ1v) is 11.3. The third kappa shape index (κ3) is 4.92. The number of carbonyl (C=O) groups excluding carboxylic acids is 1. The zero-order valence-electron chi connectivity index (χ0n) is 19.6. The van der Waals surface area contributed by atoms with Crippen LogP contribution in [-0.2, 0) is 16.0 Å². The maximum atomic E-state index is 14.7. The zero-order valence-corrected chi connectivity index (χ0v) is 19.6. The van der Waals surface area contributed by atoms with Crippen molar-refractivity contribution in [2.75, 3.05) is 14.2 Å². The average molecular weight is 459 g/mol. The minimum absolute atomic E-state index is 0.0636. The van der Waals surface area contributed by atoms with Crippen LogP contribution in [0, 0.1) is 17.7 Å². The van der Waals surface area contributed by atoms with Crippen molar-refractivity contribution in [2.24, 2.45) is 0 Å². The highest BCUT2D eigenvalue weighted by Crippen LogP contribution is 2.38. The predicted molar refractivity (Wildman–Crippen MR) is 129 cm³/mol. The van der Waals surface area contributed by atoms with Gasteiger partial charge >= 0.3 is 5.97 Å². The van der Waals surface area contributed by atoms with Gasteiger partial charge in [-0.15, -0.1) is 5.92 Å². The molecule has 1 aliphatic rings. The molecule has 0 heterocycles. The molecule has 4 nitrogen and oxygen atoms in total. The Bertz CT molecular complexity index is 1240. The number of rotatable bonds is 7. The van der Waals surface area contributed by atoms with Crippen LogP contribution in [0.2, 0.25) is 0 Å². The minimum atomic E-state index is -0.353. The number of esters is 1. The molecule has 0 aliphatic heterocycles. The lowest BCUT2D eigenvalue weighted by molar-refractivity contribution is -0.140. The first kappa shape index (κ1) is 23.4. The first-order chi connectivity index (χ1) is 16.5. The van der Waals surface area contributed by atoms with Crippen molar-refractivity contribution in [1.29, 1.82) is 0 Å². The van der Waals surface area contributed by atoms with Gasteiger partial charge in [0.05, 0.1) is 26.6 Å². The highest BCUT2D eigenvalue weighted by Gasteiger charge is 2.25. The molecule has 174 valence electrons. The molecule has 0 radical (unpaired) electrons. The van der Waals surface area contributed by atoms with Gasteiger partial charge < -0.3 is 14.2 Å². The van der Waals surface area contributed by atoms with Gasteiger partial charge in [-0.3, -0.25) is 4.79 Å². The summed E-state index contributed by atoms with van der Waals surface area (Å²) in [4.78, 5) is 11.7. The first-order valence-electron chi connectivity index (χ1n) is 11.3. The van der Waals surface area contributed by atoms with Crippen molar-refractivity contribution in [1.82, 2.24) is 0 Å². The summed E-state index contributed by atoms with van der Waals surface area (Å²) in [6.45, 7) is 1.76. The van der Waals surface area contributed by atoms with E-state index >= 15 is 0 Å². The maximum absolute atomic E-state index is 14.7. The van der Waals surface area contributed by atoms with Gasteiger partial charge in [0, 0.05) is 5.56 Å². The lowest BCUT2D eigenvalue weighted by atomic mass is 9.96. The molecule has 0 aromatic heterocycles. The predicted octanol–water partition coefficient (Wildman–Crippen LogP) is 6.24. The number of hydrogen-bond acceptors (Lipinski definition) is 4. The maximum Gasteiger partial charge on any atom is 0.307 e. The Morgan fingerprint density at radius 2 is 1.91 bits per heavy atom. The van der Waals surface area contributed by atoms with E-state index in [4.69, 9.17) is 14.2 Å². The van der Waals surface area contributed by atoms with Gasteiger partial charge in [0.15, 0.2) is 11.6 Å². The molecule has 0 saturated heterocycles. The van der Waals surface area contributed by atoms with Crippen LogP contribution in [0.5, 0.6) is 11.5 Å².